The van der Waals surface area contributed by atoms with Crippen LogP contribution >= 0.6 is 10.9 Å². The van der Waals surface area contributed by atoms with E-state index in [1.165, 1.54) is 10.8 Å². The Kier molecular flexibility index (Phi) is 5.95. The van der Waals surface area contributed by atoms with Crippen molar-refractivity contribution in [2.75, 3.05) is 0 Å². The molecule has 14 nitrogen and oxygen atoms in total. The van der Waals surface area contributed by atoms with Crippen LogP contribution in [-0.4, -0.2) is 48.0 Å². The van der Waals surface area contributed by atoms with Gasteiger partial charge in [-0.3, -0.25) is 9.11 Å². The molecule has 4 amide bonds. The summed E-state index contributed by atoms with van der Waals surface area (Å²) >= 11 is 0. The van der Waals surface area contributed by atoms with Gasteiger partial charge in [-0.1, -0.05) is 0 Å². The molecule has 160 valence electrons. The predicted molar refractivity (Wildman–Crippen MR) is 101 cm³/mol. The van der Waals surface area contributed by atoms with E-state index >= 15 is 0 Å². The molecular weight excluding hydrogens is 452 g/mol. The van der Waals surface area contributed by atoms with E-state index in [0.717, 1.165) is 12.1 Å². The molecule has 0 saturated carbocycles. The third kappa shape index (κ3) is 4.67. The molecule has 17 heteroatoms. The molecule has 0 unspecified atom stereocenters. The molecule has 0 spiro atoms. The van der Waals surface area contributed by atoms with Crippen molar-refractivity contribution in [3.63, 3.8) is 0 Å². The number of hydrogen-bond acceptors (Lipinski definition) is 8. The van der Waals surface area contributed by atoms with Crippen molar-refractivity contribution < 1.29 is 35.5 Å². The van der Waals surface area contributed by atoms with Crippen LogP contribution in [0.3, 0.4) is 0 Å². The van der Waals surface area contributed by atoms with Crippen molar-refractivity contribution in [1.82, 2.24) is 10.0 Å². The molecule has 0 atom stereocenters. The Morgan fingerprint density at radius 2 is 1.31 bits per heavy atom. The smallest absolute Gasteiger partial charge is 0.333 e. The zero-order chi connectivity index (χ0) is 22.3. The van der Waals surface area contributed by atoms with Gasteiger partial charge in [-0.05, 0) is 29.0 Å². The van der Waals surface area contributed by atoms with Crippen molar-refractivity contribution in [2.45, 2.75) is 14.7 Å². The minimum Gasteiger partial charge on any atom is -0.350 e. The number of carbonyl (C=O) groups excluding carboxylic acids is 2. The first-order valence-corrected chi connectivity index (χ1v) is 11.5. The van der Waals surface area contributed by atoms with Gasteiger partial charge in [0.2, 0.25) is 0 Å². The minimum absolute atomic E-state index is 0.127. The molecule has 29 heavy (non-hydrogen) atoms. The molecule has 0 aliphatic carbocycles. The van der Waals surface area contributed by atoms with Crippen LogP contribution < -0.4 is 23.2 Å². The molecule has 0 fully saturated rings. The molecule has 0 saturated heterocycles. The van der Waals surface area contributed by atoms with Crippen LogP contribution in [0.15, 0.2) is 55.1 Å². The van der Waals surface area contributed by atoms with Gasteiger partial charge in [0.15, 0.2) is 0 Å². The third-order valence-electron chi connectivity index (χ3n) is 3.56. The number of benzene rings is 1. The Morgan fingerprint density at radius 1 is 0.862 bits per heavy atom. The fraction of sp³-hybridized carbons (Fsp3) is 0. The van der Waals surface area contributed by atoms with Crippen molar-refractivity contribution in [3.8, 4) is 0 Å². The lowest BCUT2D eigenvalue weighted by molar-refractivity contribution is 0.212. The summed E-state index contributed by atoms with van der Waals surface area (Å²) in [6.45, 7) is 0. The number of nitrogens with zero attached hydrogens (tertiary/aromatic N) is 2. The molecule has 0 aromatic heterocycles. The highest BCUT2D eigenvalue weighted by molar-refractivity contribution is 8.22. The number of urea groups is 2. The quantitative estimate of drug-likeness (QED) is 0.0887. The Balaban J connectivity index is 2.73. The van der Waals surface area contributed by atoms with Gasteiger partial charge in [0.25, 0.3) is 20.2 Å². The number of amides is 4. The topological polar surface area (TPSA) is 253 Å². The molecular formula is C12H16N6O8S3. The van der Waals surface area contributed by atoms with Crippen molar-refractivity contribution in [3.05, 3.63) is 40.4 Å². The Bertz CT molecular complexity index is 1120. The fourth-order valence-corrected chi connectivity index (χ4v) is 6.07. The first kappa shape index (κ1) is 22.6. The fourth-order valence-electron chi connectivity index (χ4n) is 2.26. The highest BCUT2D eigenvalue weighted by Gasteiger charge is 2.31. The van der Waals surface area contributed by atoms with Gasteiger partial charge in [0, 0.05) is 4.90 Å². The van der Waals surface area contributed by atoms with Crippen molar-refractivity contribution in [2.24, 2.45) is 23.2 Å². The Hall–Kier alpha value is -2.67. The minimum atomic E-state index is -4.95. The van der Waals surface area contributed by atoms with E-state index in [0.29, 0.717) is 16.1 Å². The normalized spacial score (nSPS) is 15.5. The summed E-state index contributed by atoms with van der Waals surface area (Å²) in [4.78, 5) is 21.1. The van der Waals surface area contributed by atoms with Crippen molar-refractivity contribution >= 4 is 43.2 Å². The number of hydrogen-bond donors (Lipinski definition) is 7. The van der Waals surface area contributed by atoms with Gasteiger partial charge in [-0.15, -0.1) is 0 Å². The Labute approximate surface area is 167 Å². The van der Waals surface area contributed by atoms with E-state index in [1.54, 1.807) is 0 Å². The van der Waals surface area contributed by atoms with E-state index in [-0.39, 0.29) is 16.3 Å². The van der Waals surface area contributed by atoms with E-state index in [2.05, 4.69) is 0 Å². The SMILES string of the molecule is NC(=O)N(N)C1=C[SH](c2ccc(S(=O)(=O)O)cc2S(=O)(=O)O)C=C1N(N)C(N)=O. The summed E-state index contributed by atoms with van der Waals surface area (Å²) in [5, 5.41) is 3.32. The predicted octanol–water partition coefficient (Wildman–Crippen LogP) is -1.25. The summed E-state index contributed by atoms with van der Waals surface area (Å²) in [6, 6.07) is 0.164. The van der Waals surface area contributed by atoms with Gasteiger partial charge in [-0.2, -0.15) is 27.7 Å². The summed E-state index contributed by atoms with van der Waals surface area (Å²) in [7, 11) is -11.6. The summed E-state index contributed by atoms with van der Waals surface area (Å²) in [6.07, 6.45) is 0. The van der Waals surface area contributed by atoms with Gasteiger partial charge < -0.3 is 11.5 Å². The molecule has 10 N–H and O–H groups in total. The number of rotatable bonds is 5. The molecule has 0 radical (unpaired) electrons. The van der Waals surface area contributed by atoms with E-state index in [9.17, 15) is 31.0 Å². The van der Waals surface area contributed by atoms with Crippen LogP contribution in [-0.2, 0) is 20.2 Å². The lowest BCUT2D eigenvalue weighted by atomic mass is 10.3. The van der Waals surface area contributed by atoms with Crippen LogP contribution in [0.25, 0.3) is 0 Å². The highest BCUT2D eigenvalue weighted by atomic mass is 32.2. The van der Waals surface area contributed by atoms with Crippen LogP contribution in [0.1, 0.15) is 0 Å². The Morgan fingerprint density at radius 3 is 1.66 bits per heavy atom. The number of nitrogens with two attached hydrogens (primary N) is 4. The maximum absolute atomic E-state index is 11.8. The largest absolute Gasteiger partial charge is 0.350 e. The third-order valence-corrected chi connectivity index (χ3v) is 7.45. The summed E-state index contributed by atoms with van der Waals surface area (Å²) in [5.41, 5.74) is 9.82. The average molecular weight is 468 g/mol. The zero-order valence-electron chi connectivity index (χ0n) is 14.2. The maximum atomic E-state index is 11.8. The molecule has 2 rings (SSSR count). The lowest BCUT2D eigenvalue weighted by Gasteiger charge is -2.22. The molecule has 0 bridgehead atoms. The molecule has 1 aliphatic heterocycles. The number of primary amides is 2. The van der Waals surface area contributed by atoms with Crippen LogP contribution in [0.5, 0.6) is 0 Å². The second-order valence-electron chi connectivity index (χ2n) is 5.43. The van der Waals surface area contributed by atoms with Gasteiger partial charge in [0.1, 0.15) is 4.90 Å². The first-order valence-electron chi connectivity index (χ1n) is 7.14. The van der Waals surface area contributed by atoms with Gasteiger partial charge in [-0.25, -0.2) is 31.3 Å². The number of thiol groups is 1. The number of hydrazine groups is 2. The molecule has 1 aromatic rings. The van der Waals surface area contributed by atoms with Crippen LogP contribution in [0.2, 0.25) is 0 Å². The van der Waals surface area contributed by atoms with E-state index in [1.807, 2.05) is 0 Å². The molecule has 1 heterocycles. The van der Waals surface area contributed by atoms with Crippen LogP contribution in [0, 0.1) is 0 Å². The van der Waals surface area contributed by atoms with E-state index in [4.69, 9.17) is 27.7 Å². The molecule has 1 aromatic carbocycles. The lowest BCUT2D eigenvalue weighted by Crippen LogP contribution is -2.46. The average Bonchev–Trinajstić information content (AvgIpc) is 3.02. The van der Waals surface area contributed by atoms with Gasteiger partial charge >= 0.3 is 12.1 Å². The van der Waals surface area contributed by atoms with E-state index < -0.39 is 53.0 Å². The zero-order valence-corrected chi connectivity index (χ0v) is 16.7. The standard InChI is InChI=1S/C12H16N6O8S3/c13-11(19)17(15)7-4-27(5-8(7)18(16)12(14)20)9-2-1-6(28(21,22)23)3-10(9)29(24,25)26/h1-5,27H,15-16H2,(H2,13,19)(H2,14,20)(H,21,22,23)(H,24,25,26). The van der Waals surface area contributed by atoms with Crippen molar-refractivity contribution in [1.29, 1.82) is 0 Å². The first-order chi connectivity index (χ1) is 13.1. The molecule has 1 aliphatic rings. The second kappa shape index (κ2) is 7.63. The van der Waals surface area contributed by atoms with Gasteiger partial charge in [0.05, 0.1) is 16.3 Å². The monoisotopic (exact) mass is 468 g/mol. The summed E-state index contributed by atoms with van der Waals surface area (Å²) in [5.74, 6) is 11.1. The summed E-state index contributed by atoms with van der Waals surface area (Å²) < 4.78 is 64.7. The maximum Gasteiger partial charge on any atom is 0.333 e. The highest BCUT2D eigenvalue weighted by Crippen LogP contribution is 2.50. The second-order valence-corrected chi connectivity index (χ2v) is 10.1. The number of carbonyl (C=O) groups is 2. The van der Waals surface area contributed by atoms with Crippen LogP contribution in [0.4, 0.5) is 9.59 Å².